The average molecular weight is 453 g/mol. The van der Waals surface area contributed by atoms with Crippen molar-refractivity contribution in [3.8, 4) is 11.5 Å². The van der Waals surface area contributed by atoms with Crippen LogP contribution < -0.4 is 0 Å². The van der Waals surface area contributed by atoms with Crippen LogP contribution in [0.3, 0.4) is 0 Å². The van der Waals surface area contributed by atoms with Crippen LogP contribution in [0.15, 0.2) is 42.5 Å². The molecule has 2 N–H and O–H groups in total. The summed E-state index contributed by atoms with van der Waals surface area (Å²) >= 11 is 14.0. The minimum absolute atomic E-state index is 0.0546. The monoisotopic (exact) mass is 452 g/mol. The number of aromatic hydroxyl groups is 2. The summed E-state index contributed by atoms with van der Waals surface area (Å²) in [7, 11) is 0. The number of carbonyl (C=O) groups excluding carboxylic acids is 2. The highest BCUT2D eigenvalue weighted by Gasteiger charge is 2.13. The third-order valence-electron chi connectivity index (χ3n) is 3.93. The molecule has 0 bridgehead atoms. The van der Waals surface area contributed by atoms with Gasteiger partial charge in [0.05, 0.1) is 18.4 Å². The maximum atomic E-state index is 12.2. The lowest BCUT2D eigenvalue weighted by Gasteiger charge is -2.07. The zero-order chi connectivity index (χ0) is 20.3. The molecule has 3 rings (SSSR count). The molecule has 0 spiro atoms. The maximum Gasteiger partial charge on any atom is 0.195 e. The van der Waals surface area contributed by atoms with Gasteiger partial charge in [0, 0.05) is 12.0 Å². The lowest BCUT2D eigenvalue weighted by Crippen LogP contribution is -1.99. The Labute approximate surface area is 179 Å². The number of phenolic OH excluding ortho intramolecular Hbond substituents is 2. The van der Waals surface area contributed by atoms with Gasteiger partial charge in [-0.1, -0.05) is 23.2 Å². The SMILES string of the molecule is O=C(/C=C/c1cc(O)c(CCC(=O)c2ccc(Cl)s2)cc1O)c1ccc(Cl)s1. The smallest absolute Gasteiger partial charge is 0.195 e. The van der Waals surface area contributed by atoms with Crippen molar-refractivity contribution in [2.24, 2.45) is 0 Å². The Morgan fingerprint density at radius 1 is 0.929 bits per heavy atom. The van der Waals surface area contributed by atoms with E-state index in [4.69, 9.17) is 23.2 Å². The standard InChI is InChI=1S/C20H14Cl2O4S2/c21-19-7-5-17(27-19)13(23)3-1-11-9-16(26)12(10-15(11)25)2-4-14(24)18-6-8-20(22)28-18/h1,3,5-10,25-26H,2,4H2/b3-1+. The fourth-order valence-electron chi connectivity index (χ4n) is 2.50. The molecule has 8 heteroatoms. The summed E-state index contributed by atoms with van der Waals surface area (Å²) in [6.07, 6.45) is 3.18. The highest BCUT2D eigenvalue weighted by molar-refractivity contribution is 7.18. The van der Waals surface area contributed by atoms with Crippen LogP contribution in [0.1, 0.15) is 36.9 Å². The quantitative estimate of drug-likeness (QED) is 0.252. The first-order valence-corrected chi connectivity index (χ1v) is 10.5. The van der Waals surface area contributed by atoms with E-state index in [1.165, 1.54) is 35.6 Å². The number of benzene rings is 1. The summed E-state index contributed by atoms with van der Waals surface area (Å²) < 4.78 is 1.06. The molecule has 0 aliphatic heterocycles. The number of hydrogen-bond donors (Lipinski definition) is 2. The topological polar surface area (TPSA) is 74.6 Å². The van der Waals surface area contributed by atoms with E-state index in [0.29, 0.717) is 29.6 Å². The predicted molar refractivity (Wildman–Crippen MR) is 114 cm³/mol. The largest absolute Gasteiger partial charge is 0.508 e. The number of Topliss-reactive ketones (excluding diaryl/α,β-unsaturated/α-hetero) is 1. The zero-order valence-electron chi connectivity index (χ0n) is 14.3. The Bertz CT molecular complexity index is 1070. The molecule has 144 valence electrons. The summed E-state index contributed by atoms with van der Waals surface area (Å²) in [6, 6.07) is 9.35. The number of ketones is 2. The van der Waals surface area contributed by atoms with Crippen molar-refractivity contribution >= 4 is 63.5 Å². The Balaban J connectivity index is 1.69. The first-order valence-electron chi connectivity index (χ1n) is 8.14. The second-order valence-corrected chi connectivity index (χ2v) is 9.30. The number of carbonyl (C=O) groups is 2. The number of halogens is 2. The fourth-order valence-corrected chi connectivity index (χ4v) is 4.47. The molecule has 0 saturated heterocycles. The van der Waals surface area contributed by atoms with E-state index in [2.05, 4.69) is 0 Å². The molecule has 1 aromatic carbocycles. The number of aryl methyl sites for hydroxylation is 1. The lowest BCUT2D eigenvalue weighted by atomic mass is 10.0. The summed E-state index contributed by atoms with van der Waals surface area (Å²) in [5.74, 6) is -0.478. The zero-order valence-corrected chi connectivity index (χ0v) is 17.5. The molecule has 0 atom stereocenters. The van der Waals surface area contributed by atoms with Gasteiger partial charge in [0.2, 0.25) is 0 Å². The van der Waals surface area contributed by atoms with Gasteiger partial charge >= 0.3 is 0 Å². The van der Waals surface area contributed by atoms with Crippen molar-refractivity contribution in [1.82, 2.24) is 0 Å². The van der Waals surface area contributed by atoms with Gasteiger partial charge in [0.1, 0.15) is 11.5 Å². The molecule has 3 aromatic rings. The van der Waals surface area contributed by atoms with Crippen LogP contribution in [0, 0.1) is 0 Å². The Kier molecular flexibility index (Phi) is 6.57. The molecule has 2 heterocycles. The normalized spacial score (nSPS) is 11.2. The summed E-state index contributed by atoms with van der Waals surface area (Å²) in [6.45, 7) is 0. The van der Waals surface area contributed by atoms with Crippen LogP contribution >= 0.6 is 45.9 Å². The number of allylic oxidation sites excluding steroid dienone is 1. The number of phenols is 2. The minimum atomic E-state index is -0.250. The van der Waals surface area contributed by atoms with Gasteiger partial charge in [0.15, 0.2) is 11.6 Å². The minimum Gasteiger partial charge on any atom is -0.508 e. The fraction of sp³-hybridized carbons (Fsp3) is 0.100. The Hall–Kier alpha value is -2.12. The Morgan fingerprint density at radius 2 is 1.57 bits per heavy atom. The van der Waals surface area contributed by atoms with Crippen LogP contribution in [0.2, 0.25) is 8.67 Å². The Morgan fingerprint density at radius 3 is 2.18 bits per heavy atom. The molecule has 0 saturated carbocycles. The van der Waals surface area contributed by atoms with Crippen LogP contribution in [-0.4, -0.2) is 21.8 Å². The van der Waals surface area contributed by atoms with E-state index in [1.54, 1.807) is 24.3 Å². The van der Waals surface area contributed by atoms with E-state index >= 15 is 0 Å². The maximum absolute atomic E-state index is 12.2. The van der Waals surface area contributed by atoms with Crippen LogP contribution in [0.25, 0.3) is 6.08 Å². The van der Waals surface area contributed by atoms with Crippen molar-refractivity contribution in [3.63, 3.8) is 0 Å². The lowest BCUT2D eigenvalue weighted by molar-refractivity contribution is 0.0985. The molecule has 0 aliphatic carbocycles. The van der Waals surface area contributed by atoms with E-state index in [1.807, 2.05) is 0 Å². The second-order valence-electron chi connectivity index (χ2n) is 5.87. The molecule has 28 heavy (non-hydrogen) atoms. The van der Waals surface area contributed by atoms with E-state index in [0.717, 1.165) is 11.3 Å². The van der Waals surface area contributed by atoms with Gasteiger partial charge in [-0.15, -0.1) is 22.7 Å². The molecular formula is C20H14Cl2O4S2. The van der Waals surface area contributed by atoms with Gasteiger partial charge in [-0.3, -0.25) is 9.59 Å². The summed E-state index contributed by atoms with van der Waals surface area (Å²) in [5.41, 5.74) is 0.746. The van der Waals surface area contributed by atoms with Crippen molar-refractivity contribution in [2.45, 2.75) is 12.8 Å². The molecule has 0 fully saturated rings. The third kappa shape index (κ3) is 5.02. The van der Waals surface area contributed by atoms with Crippen LogP contribution in [0.4, 0.5) is 0 Å². The summed E-state index contributed by atoms with van der Waals surface area (Å²) in [5, 5.41) is 20.4. The van der Waals surface area contributed by atoms with Gasteiger partial charge in [-0.05, 0) is 60.5 Å². The van der Waals surface area contributed by atoms with Crippen LogP contribution in [-0.2, 0) is 6.42 Å². The average Bonchev–Trinajstić information content (AvgIpc) is 3.28. The van der Waals surface area contributed by atoms with Gasteiger partial charge in [0.25, 0.3) is 0 Å². The molecule has 0 radical (unpaired) electrons. The first-order chi connectivity index (χ1) is 13.3. The van der Waals surface area contributed by atoms with E-state index in [-0.39, 0.29) is 35.9 Å². The molecule has 4 nitrogen and oxygen atoms in total. The van der Waals surface area contributed by atoms with Crippen LogP contribution in [0.5, 0.6) is 11.5 Å². The molecule has 2 aromatic heterocycles. The second kappa shape index (κ2) is 8.92. The van der Waals surface area contributed by atoms with Crippen molar-refractivity contribution in [1.29, 1.82) is 0 Å². The van der Waals surface area contributed by atoms with E-state index in [9.17, 15) is 19.8 Å². The molecule has 0 aliphatic rings. The van der Waals surface area contributed by atoms with Crippen molar-refractivity contribution < 1.29 is 19.8 Å². The number of thiophene rings is 2. The highest BCUT2D eigenvalue weighted by Crippen LogP contribution is 2.30. The summed E-state index contributed by atoms with van der Waals surface area (Å²) in [4.78, 5) is 25.3. The molecule has 0 amide bonds. The molecular weight excluding hydrogens is 439 g/mol. The predicted octanol–water partition coefficient (Wildman–Crippen LogP) is 6.24. The highest BCUT2D eigenvalue weighted by atomic mass is 35.5. The van der Waals surface area contributed by atoms with Gasteiger partial charge in [-0.2, -0.15) is 0 Å². The van der Waals surface area contributed by atoms with Crippen molar-refractivity contribution in [2.75, 3.05) is 0 Å². The van der Waals surface area contributed by atoms with Crippen molar-refractivity contribution in [3.05, 3.63) is 72.0 Å². The first kappa shape index (κ1) is 20.6. The molecule has 0 unspecified atom stereocenters. The van der Waals surface area contributed by atoms with Gasteiger partial charge < -0.3 is 10.2 Å². The van der Waals surface area contributed by atoms with Gasteiger partial charge in [-0.25, -0.2) is 0 Å². The number of rotatable bonds is 7. The third-order valence-corrected chi connectivity index (χ3v) is 6.45. The number of hydrogen-bond acceptors (Lipinski definition) is 6. The van der Waals surface area contributed by atoms with E-state index < -0.39 is 0 Å².